The lowest BCUT2D eigenvalue weighted by atomic mass is 10.1. The molecular weight excluding hydrogens is 234 g/mol. The van der Waals surface area contributed by atoms with Crippen LogP contribution in [0.3, 0.4) is 0 Å². The summed E-state index contributed by atoms with van der Waals surface area (Å²) in [5, 5.41) is 3.51. The van der Waals surface area contributed by atoms with Crippen LogP contribution in [0.15, 0.2) is 12.1 Å². The lowest BCUT2D eigenvalue weighted by Gasteiger charge is -2.17. The van der Waals surface area contributed by atoms with Crippen LogP contribution in [0.5, 0.6) is 5.75 Å². The largest absolute Gasteiger partial charge is 0.493 e. The minimum atomic E-state index is 0.633. The molecule has 0 aliphatic rings. The van der Waals surface area contributed by atoms with Gasteiger partial charge in [0.2, 0.25) is 0 Å². The molecule has 0 aromatic heterocycles. The highest BCUT2D eigenvalue weighted by Gasteiger charge is 2.07. The first-order valence-electron chi connectivity index (χ1n) is 7.52. The number of nitrogens with one attached hydrogen (secondary N) is 1. The van der Waals surface area contributed by atoms with Gasteiger partial charge in [0.05, 0.1) is 6.61 Å². The Morgan fingerprint density at radius 2 is 1.74 bits per heavy atom. The van der Waals surface area contributed by atoms with Crippen molar-refractivity contribution >= 4 is 0 Å². The molecule has 1 aromatic rings. The number of ether oxygens (including phenoxy) is 1. The van der Waals surface area contributed by atoms with Gasteiger partial charge >= 0.3 is 0 Å². The summed E-state index contributed by atoms with van der Waals surface area (Å²) in [4.78, 5) is 0. The molecule has 0 aliphatic carbocycles. The number of hydrogen-bond acceptors (Lipinski definition) is 2. The summed E-state index contributed by atoms with van der Waals surface area (Å²) in [6.07, 6.45) is 3.49. The van der Waals surface area contributed by atoms with Crippen LogP contribution < -0.4 is 10.1 Å². The topological polar surface area (TPSA) is 21.3 Å². The molecule has 0 fully saturated rings. The molecule has 2 heteroatoms. The lowest BCUT2D eigenvalue weighted by Crippen LogP contribution is -2.28. The van der Waals surface area contributed by atoms with Gasteiger partial charge in [0.1, 0.15) is 5.75 Å². The van der Waals surface area contributed by atoms with Crippen LogP contribution in [0.1, 0.15) is 49.8 Å². The van der Waals surface area contributed by atoms with E-state index in [1.165, 1.54) is 29.5 Å². The summed E-state index contributed by atoms with van der Waals surface area (Å²) >= 11 is 0. The van der Waals surface area contributed by atoms with Crippen LogP contribution in [0.2, 0.25) is 0 Å². The first kappa shape index (κ1) is 16.0. The van der Waals surface area contributed by atoms with Gasteiger partial charge in [-0.2, -0.15) is 0 Å². The molecule has 0 aliphatic heterocycles. The van der Waals surface area contributed by atoms with Gasteiger partial charge in [0.25, 0.3) is 0 Å². The van der Waals surface area contributed by atoms with E-state index in [2.05, 4.69) is 52.1 Å². The number of aryl methyl sites for hydroxylation is 3. The SMILES string of the molecule is CCNC(CC)CCCOc1c(C)cc(C)cc1C. The smallest absolute Gasteiger partial charge is 0.125 e. The van der Waals surface area contributed by atoms with Gasteiger partial charge in [-0.05, 0) is 57.7 Å². The molecule has 1 aromatic carbocycles. The summed E-state index contributed by atoms with van der Waals surface area (Å²) < 4.78 is 5.97. The highest BCUT2D eigenvalue weighted by atomic mass is 16.5. The van der Waals surface area contributed by atoms with Gasteiger partial charge in [-0.25, -0.2) is 0 Å². The van der Waals surface area contributed by atoms with Gasteiger partial charge in [-0.15, -0.1) is 0 Å². The molecule has 1 rings (SSSR count). The van der Waals surface area contributed by atoms with Gasteiger partial charge < -0.3 is 10.1 Å². The number of rotatable bonds is 8. The van der Waals surface area contributed by atoms with E-state index in [4.69, 9.17) is 4.74 Å². The molecule has 0 heterocycles. The Bertz CT molecular complexity index is 364. The predicted octanol–water partition coefficient (Wildman–Crippen LogP) is 4.16. The molecule has 0 saturated heterocycles. The van der Waals surface area contributed by atoms with Crippen molar-refractivity contribution in [2.45, 2.75) is 59.9 Å². The average molecular weight is 263 g/mol. The first-order chi connectivity index (χ1) is 9.08. The molecule has 0 amide bonds. The van der Waals surface area contributed by atoms with Crippen molar-refractivity contribution in [3.63, 3.8) is 0 Å². The van der Waals surface area contributed by atoms with Crippen molar-refractivity contribution in [3.8, 4) is 5.75 Å². The zero-order chi connectivity index (χ0) is 14.3. The normalized spacial score (nSPS) is 12.5. The van der Waals surface area contributed by atoms with Crippen molar-refractivity contribution in [2.75, 3.05) is 13.2 Å². The molecule has 2 nitrogen and oxygen atoms in total. The average Bonchev–Trinajstić information content (AvgIpc) is 2.35. The molecule has 0 bridgehead atoms. The predicted molar refractivity (Wildman–Crippen MR) is 83.1 cm³/mol. The second-order valence-corrected chi connectivity index (χ2v) is 5.38. The molecule has 19 heavy (non-hydrogen) atoms. The number of benzene rings is 1. The van der Waals surface area contributed by atoms with E-state index in [0.717, 1.165) is 25.3 Å². The quantitative estimate of drug-likeness (QED) is 0.711. The van der Waals surface area contributed by atoms with Gasteiger partial charge in [0.15, 0.2) is 0 Å². The second-order valence-electron chi connectivity index (χ2n) is 5.38. The van der Waals surface area contributed by atoms with Crippen LogP contribution in [-0.2, 0) is 0 Å². The molecule has 1 unspecified atom stereocenters. The minimum Gasteiger partial charge on any atom is -0.493 e. The number of hydrogen-bond donors (Lipinski definition) is 1. The Balaban J connectivity index is 2.41. The van der Waals surface area contributed by atoms with E-state index in [1.807, 2.05) is 0 Å². The molecule has 1 atom stereocenters. The summed E-state index contributed by atoms with van der Waals surface area (Å²) in [5.41, 5.74) is 3.80. The standard InChI is InChI=1S/C17H29NO/c1-6-16(18-7-2)9-8-10-19-17-14(4)11-13(3)12-15(17)5/h11-12,16,18H,6-10H2,1-5H3. The first-order valence-corrected chi connectivity index (χ1v) is 7.52. The molecule has 0 radical (unpaired) electrons. The Hall–Kier alpha value is -1.02. The fourth-order valence-corrected chi connectivity index (χ4v) is 2.64. The van der Waals surface area contributed by atoms with Crippen molar-refractivity contribution in [3.05, 3.63) is 28.8 Å². The Morgan fingerprint density at radius 1 is 1.11 bits per heavy atom. The maximum absolute atomic E-state index is 5.97. The van der Waals surface area contributed by atoms with Gasteiger partial charge in [-0.1, -0.05) is 31.5 Å². The molecular formula is C17H29NO. The zero-order valence-corrected chi connectivity index (χ0v) is 13.2. The summed E-state index contributed by atoms with van der Waals surface area (Å²) in [5.74, 6) is 1.07. The van der Waals surface area contributed by atoms with E-state index in [-0.39, 0.29) is 0 Å². The molecule has 0 saturated carbocycles. The van der Waals surface area contributed by atoms with Crippen molar-refractivity contribution in [1.29, 1.82) is 0 Å². The summed E-state index contributed by atoms with van der Waals surface area (Å²) in [6, 6.07) is 5.01. The third-order valence-corrected chi connectivity index (χ3v) is 3.53. The Labute approximate surface area is 118 Å². The summed E-state index contributed by atoms with van der Waals surface area (Å²) in [6.45, 7) is 12.7. The van der Waals surface area contributed by atoms with Crippen molar-refractivity contribution in [2.24, 2.45) is 0 Å². The van der Waals surface area contributed by atoms with Crippen LogP contribution >= 0.6 is 0 Å². The van der Waals surface area contributed by atoms with Gasteiger partial charge in [-0.3, -0.25) is 0 Å². The lowest BCUT2D eigenvalue weighted by molar-refractivity contribution is 0.291. The highest BCUT2D eigenvalue weighted by molar-refractivity contribution is 5.42. The van der Waals surface area contributed by atoms with E-state index < -0.39 is 0 Å². The fourth-order valence-electron chi connectivity index (χ4n) is 2.64. The van der Waals surface area contributed by atoms with Crippen LogP contribution in [0.25, 0.3) is 0 Å². The van der Waals surface area contributed by atoms with E-state index in [1.54, 1.807) is 0 Å². The fraction of sp³-hybridized carbons (Fsp3) is 0.647. The molecule has 1 N–H and O–H groups in total. The van der Waals surface area contributed by atoms with Crippen molar-refractivity contribution in [1.82, 2.24) is 5.32 Å². The Kier molecular flexibility index (Phi) is 6.93. The summed E-state index contributed by atoms with van der Waals surface area (Å²) in [7, 11) is 0. The minimum absolute atomic E-state index is 0.633. The highest BCUT2D eigenvalue weighted by Crippen LogP contribution is 2.24. The maximum Gasteiger partial charge on any atom is 0.125 e. The van der Waals surface area contributed by atoms with Crippen LogP contribution in [-0.4, -0.2) is 19.2 Å². The van der Waals surface area contributed by atoms with E-state index in [0.29, 0.717) is 6.04 Å². The monoisotopic (exact) mass is 263 g/mol. The van der Waals surface area contributed by atoms with Crippen LogP contribution in [0, 0.1) is 20.8 Å². The second kappa shape index (κ2) is 8.21. The van der Waals surface area contributed by atoms with Crippen LogP contribution in [0.4, 0.5) is 0 Å². The Morgan fingerprint density at radius 3 is 2.26 bits per heavy atom. The molecule has 0 spiro atoms. The van der Waals surface area contributed by atoms with Gasteiger partial charge in [0, 0.05) is 6.04 Å². The third-order valence-electron chi connectivity index (χ3n) is 3.53. The van der Waals surface area contributed by atoms with Crippen molar-refractivity contribution < 1.29 is 4.74 Å². The van der Waals surface area contributed by atoms with E-state index in [9.17, 15) is 0 Å². The zero-order valence-electron chi connectivity index (χ0n) is 13.2. The van der Waals surface area contributed by atoms with E-state index >= 15 is 0 Å². The third kappa shape index (κ3) is 5.23. The maximum atomic E-state index is 5.97. The molecule has 108 valence electrons.